The highest BCUT2D eigenvalue weighted by Crippen LogP contribution is 2.37. The monoisotopic (exact) mass is 362 g/mol. The van der Waals surface area contributed by atoms with Crippen molar-refractivity contribution in [1.82, 2.24) is 10.2 Å². The molecule has 3 heterocycles. The summed E-state index contributed by atoms with van der Waals surface area (Å²) in [5.74, 6) is 0. The number of benzene rings is 1. The molecule has 1 aromatic carbocycles. The molecule has 4 rings (SSSR count). The summed E-state index contributed by atoms with van der Waals surface area (Å²) in [4.78, 5) is 2.53. The number of morpholine rings is 1. The van der Waals surface area contributed by atoms with Gasteiger partial charge in [-0.15, -0.1) is 0 Å². The van der Waals surface area contributed by atoms with Crippen molar-refractivity contribution in [3.8, 4) is 0 Å². The molecule has 1 saturated heterocycles. The number of hydrogen-bond acceptors (Lipinski definition) is 5. The average Bonchev–Trinajstić information content (AvgIpc) is 3.19. The summed E-state index contributed by atoms with van der Waals surface area (Å²) in [5.41, 5.74) is 3.98. The van der Waals surface area contributed by atoms with Crippen molar-refractivity contribution in [2.45, 2.75) is 25.2 Å². The van der Waals surface area contributed by atoms with Gasteiger partial charge in [-0.25, -0.2) is 8.42 Å². The van der Waals surface area contributed by atoms with Gasteiger partial charge >= 0.3 is 0 Å². The van der Waals surface area contributed by atoms with Crippen molar-refractivity contribution in [3.63, 3.8) is 0 Å². The number of nitrogens with zero attached hydrogens (tertiary/aromatic N) is 3. The standard InChI is InChI=1S/C17H22N4O3S/c1-12-17(13(2)19-18-12)25(22,23)21-6-5-14-3-4-15(11-16(14)21)20-7-9-24-10-8-20/h3-4,11H,5-10H2,1-2H3,(H,18,19). The van der Waals surface area contributed by atoms with Crippen LogP contribution in [0.1, 0.15) is 17.0 Å². The Bertz CT molecular complexity index is 881. The van der Waals surface area contributed by atoms with Gasteiger partial charge in [-0.05, 0) is 38.0 Å². The maximum Gasteiger partial charge on any atom is 0.268 e. The molecule has 0 saturated carbocycles. The first-order valence-electron chi connectivity index (χ1n) is 8.48. The average molecular weight is 362 g/mol. The number of anilines is 2. The predicted molar refractivity (Wildman–Crippen MR) is 95.8 cm³/mol. The van der Waals surface area contributed by atoms with Crippen molar-refractivity contribution in [1.29, 1.82) is 0 Å². The lowest BCUT2D eigenvalue weighted by molar-refractivity contribution is 0.122. The van der Waals surface area contributed by atoms with Crippen LogP contribution in [0.5, 0.6) is 0 Å². The third kappa shape index (κ3) is 2.69. The molecule has 0 spiro atoms. The van der Waals surface area contributed by atoms with E-state index in [9.17, 15) is 8.42 Å². The van der Waals surface area contributed by atoms with Gasteiger partial charge in [0.05, 0.1) is 30.3 Å². The van der Waals surface area contributed by atoms with Gasteiger partial charge in [0.25, 0.3) is 10.0 Å². The van der Waals surface area contributed by atoms with E-state index in [0.717, 1.165) is 36.4 Å². The number of fused-ring (bicyclic) bond motifs is 1. The van der Waals surface area contributed by atoms with Crippen LogP contribution in [0.4, 0.5) is 11.4 Å². The van der Waals surface area contributed by atoms with Crippen molar-refractivity contribution in [2.75, 3.05) is 42.1 Å². The minimum atomic E-state index is -3.62. The van der Waals surface area contributed by atoms with E-state index in [4.69, 9.17) is 4.74 Å². The number of ether oxygens (including phenoxy) is 1. The fourth-order valence-corrected chi connectivity index (χ4v) is 5.47. The first-order valence-corrected chi connectivity index (χ1v) is 9.92. The highest BCUT2D eigenvalue weighted by Gasteiger charge is 2.34. The Hall–Kier alpha value is -2.06. The number of aromatic amines is 1. The van der Waals surface area contributed by atoms with E-state index in [0.29, 0.717) is 31.1 Å². The summed E-state index contributed by atoms with van der Waals surface area (Å²) in [6.07, 6.45) is 0.730. The lowest BCUT2D eigenvalue weighted by Gasteiger charge is -2.30. The molecular formula is C17H22N4O3S. The molecule has 0 radical (unpaired) electrons. The summed E-state index contributed by atoms with van der Waals surface area (Å²) >= 11 is 0. The summed E-state index contributed by atoms with van der Waals surface area (Å²) in [5, 5.41) is 6.82. The maximum absolute atomic E-state index is 13.2. The highest BCUT2D eigenvalue weighted by atomic mass is 32.2. The molecule has 7 nitrogen and oxygen atoms in total. The van der Waals surface area contributed by atoms with Crippen LogP contribution in [0.15, 0.2) is 23.1 Å². The number of H-pyrrole nitrogens is 1. The molecule has 0 aliphatic carbocycles. The zero-order valence-corrected chi connectivity index (χ0v) is 15.3. The second-order valence-corrected chi connectivity index (χ2v) is 8.30. The number of aromatic nitrogens is 2. The third-order valence-electron chi connectivity index (χ3n) is 4.91. The molecule has 0 unspecified atom stereocenters. The second kappa shape index (κ2) is 6.03. The van der Waals surface area contributed by atoms with Crippen molar-refractivity contribution >= 4 is 21.4 Å². The SMILES string of the molecule is Cc1n[nH]c(C)c1S(=O)(=O)N1CCc2ccc(N3CCOCC3)cc21. The van der Waals surface area contributed by atoms with Crippen LogP contribution < -0.4 is 9.21 Å². The number of aryl methyl sites for hydroxylation is 2. The first kappa shape index (κ1) is 16.4. The topological polar surface area (TPSA) is 78.5 Å². The Morgan fingerprint density at radius 3 is 2.60 bits per heavy atom. The van der Waals surface area contributed by atoms with Crippen LogP contribution in [0.25, 0.3) is 0 Å². The molecule has 1 fully saturated rings. The van der Waals surface area contributed by atoms with Gasteiger partial charge < -0.3 is 9.64 Å². The van der Waals surface area contributed by atoms with Crippen LogP contribution in [0.2, 0.25) is 0 Å². The van der Waals surface area contributed by atoms with Gasteiger partial charge in [-0.1, -0.05) is 6.07 Å². The van der Waals surface area contributed by atoms with Crippen LogP contribution in [-0.4, -0.2) is 51.5 Å². The Morgan fingerprint density at radius 1 is 1.16 bits per heavy atom. The normalized spacial score (nSPS) is 17.8. The fourth-order valence-electron chi connectivity index (χ4n) is 3.64. The number of nitrogens with one attached hydrogen (secondary N) is 1. The maximum atomic E-state index is 13.2. The van der Waals surface area contributed by atoms with E-state index in [2.05, 4.69) is 21.2 Å². The van der Waals surface area contributed by atoms with Gasteiger partial charge in [0, 0.05) is 25.3 Å². The fraction of sp³-hybridized carbons (Fsp3) is 0.471. The molecule has 25 heavy (non-hydrogen) atoms. The van der Waals surface area contributed by atoms with Gasteiger partial charge in [-0.3, -0.25) is 9.40 Å². The van der Waals surface area contributed by atoms with Crippen molar-refractivity contribution in [3.05, 3.63) is 35.2 Å². The Labute approximate surface area is 147 Å². The zero-order valence-electron chi connectivity index (χ0n) is 14.4. The first-order chi connectivity index (χ1) is 12.0. The van der Waals surface area contributed by atoms with E-state index in [1.165, 1.54) is 4.31 Å². The molecule has 0 bridgehead atoms. The Kier molecular flexibility index (Phi) is 3.96. The van der Waals surface area contributed by atoms with Gasteiger partial charge in [0.15, 0.2) is 0 Å². The smallest absolute Gasteiger partial charge is 0.268 e. The summed E-state index contributed by atoms with van der Waals surface area (Å²) in [6, 6.07) is 6.12. The molecule has 2 aliphatic heterocycles. The molecule has 1 aromatic heterocycles. The summed E-state index contributed by atoms with van der Waals surface area (Å²) in [7, 11) is -3.62. The molecule has 134 valence electrons. The van der Waals surface area contributed by atoms with Gasteiger partial charge in [0.1, 0.15) is 4.90 Å². The Balaban J connectivity index is 1.73. The Morgan fingerprint density at radius 2 is 1.92 bits per heavy atom. The second-order valence-electron chi connectivity index (χ2n) is 6.50. The van der Waals surface area contributed by atoms with Crippen LogP contribution in [-0.2, 0) is 21.2 Å². The molecule has 0 amide bonds. The number of sulfonamides is 1. The van der Waals surface area contributed by atoms with Crippen LogP contribution in [0, 0.1) is 13.8 Å². The molecule has 2 aromatic rings. The number of hydrogen-bond donors (Lipinski definition) is 1. The van der Waals surface area contributed by atoms with Gasteiger partial charge in [-0.2, -0.15) is 5.10 Å². The van der Waals surface area contributed by atoms with E-state index < -0.39 is 10.0 Å². The van der Waals surface area contributed by atoms with Crippen molar-refractivity contribution < 1.29 is 13.2 Å². The lowest BCUT2D eigenvalue weighted by Crippen LogP contribution is -2.36. The summed E-state index contributed by atoms with van der Waals surface area (Å²) in [6.45, 7) is 6.98. The molecule has 0 atom stereocenters. The van der Waals surface area contributed by atoms with Gasteiger partial charge in [0.2, 0.25) is 0 Å². The summed E-state index contributed by atoms with van der Waals surface area (Å²) < 4.78 is 33.4. The van der Waals surface area contributed by atoms with E-state index >= 15 is 0 Å². The van der Waals surface area contributed by atoms with E-state index in [-0.39, 0.29) is 4.90 Å². The lowest BCUT2D eigenvalue weighted by atomic mass is 10.1. The van der Waals surface area contributed by atoms with Crippen molar-refractivity contribution in [2.24, 2.45) is 0 Å². The quantitative estimate of drug-likeness (QED) is 0.898. The minimum Gasteiger partial charge on any atom is -0.378 e. The minimum absolute atomic E-state index is 0.289. The number of rotatable bonds is 3. The molecule has 1 N–H and O–H groups in total. The predicted octanol–water partition coefficient (Wildman–Crippen LogP) is 1.61. The molecule has 8 heteroatoms. The molecule has 2 aliphatic rings. The third-order valence-corrected chi connectivity index (χ3v) is 6.98. The van der Waals surface area contributed by atoms with Crippen LogP contribution >= 0.6 is 0 Å². The largest absolute Gasteiger partial charge is 0.378 e. The van der Waals surface area contributed by atoms with Crippen LogP contribution in [0.3, 0.4) is 0 Å². The zero-order chi connectivity index (χ0) is 17.6. The van der Waals surface area contributed by atoms with E-state index in [1.54, 1.807) is 13.8 Å². The molecular weight excluding hydrogens is 340 g/mol. The van der Waals surface area contributed by atoms with E-state index in [1.807, 2.05) is 12.1 Å². The highest BCUT2D eigenvalue weighted by molar-refractivity contribution is 7.93.